The predicted molar refractivity (Wildman–Crippen MR) is 79.0 cm³/mol. The number of nitrogens with one attached hydrogen (secondary N) is 1. The van der Waals surface area contributed by atoms with Gasteiger partial charge in [0.15, 0.2) is 5.82 Å². The first-order chi connectivity index (χ1) is 9.75. The van der Waals surface area contributed by atoms with Gasteiger partial charge in [-0.1, -0.05) is 30.3 Å². The summed E-state index contributed by atoms with van der Waals surface area (Å²) in [7, 11) is 0. The van der Waals surface area contributed by atoms with Crippen LogP contribution in [0.15, 0.2) is 42.7 Å². The first-order valence-electron chi connectivity index (χ1n) is 6.35. The van der Waals surface area contributed by atoms with Gasteiger partial charge in [-0.15, -0.1) is 21.8 Å². The van der Waals surface area contributed by atoms with E-state index in [-0.39, 0.29) is 5.38 Å². The van der Waals surface area contributed by atoms with Gasteiger partial charge in [0.1, 0.15) is 5.82 Å². The van der Waals surface area contributed by atoms with Crippen LogP contribution < -0.4 is 5.32 Å². The molecule has 1 N–H and O–H groups in total. The highest BCUT2D eigenvalue weighted by Crippen LogP contribution is 2.21. The fourth-order valence-corrected chi connectivity index (χ4v) is 2.25. The highest BCUT2D eigenvalue weighted by molar-refractivity contribution is 6.21. The molecule has 0 saturated carbocycles. The van der Waals surface area contributed by atoms with E-state index in [2.05, 4.69) is 20.5 Å². The summed E-state index contributed by atoms with van der Waals surface area (Å²) in [4.78, 5) is 4.29. The third-order valence-electron chi connectivity index (χ3n) is 3.11. The molecular weight excluding hydrogens is 274 g/mol. The van der Waals surface area contributed by atoms with E-state index >= 15 is 0 Å². The second-order valence-corrected chi connectivity index (χ2v) is 5.00. The fourth-order valence-electron chi connectivity index (χ4n) is 2.03. The molecule has 0 aliphatic rings. The second-order valence-electron chi connectivity index (χ2n) is 4.48. The Balaban J connectivity index is 1.77. The van der Waals surface area contributed by atoms with Crippen molar-refractivity contribution >= 4 is 23.1 Å². The summed E-state index contributed by atoms with van der Waals surface area (Å²) in [6.07, 6.45) is 3.56. The van der Waals surface area contributed by atoms with E-state index in [1.165, 1.54) is 0 Å². The Kier molecular flexibility index (Phi) is 3.52. The quantitative estimate of drug-likeness (QED) is 0.750. The Morgan fingerprint density at radius 3 is 2.85 bits per heavy atom. The van der Waals surface area contributed by atoms with Gasteiger partial charge in [-0.25, -0.2) is 4.98 Å². The summed E-state index contributed by atoms with van der Waals surface area (Å²) in [6.45, 7) is 2.47. The summed E-state index contributed by atoms with van der Waals surface area (Å²) < 4.78 is 1.89. The van der Waals surface area contributed by atoms with Crippen LogP contribution in [-0.2, 0) is 0 Å². The van der Waals surface area contributed by atoms with E-state index in [1.54, 1.807) is 6.20 Å². The molecule has 2 aromatic heterocycles. The highest BCUT2D eigenvalue weighted by atomic mass is 35.5. The SMILES string of the molecule is Cc1nnc2c(NCC(Cl)c3ccccc3)nccn12. The third kappa shape index (κ3) is 2.44. The van der Waals surface area contributed by atoms with Gasteiger partial charge in [-0.05, 0) is 12.5 Å². The minimum atomic E-state index is -0.123. The summed E-state index contributed by atoms with van der Waals surface area (Å²) in [5.74, 6) is 1.52. The largest absolute Gasteiger partial charge is 0.365 e. The average molecular weight is 288 g/mol. The fraction of sp³-hybridized carbons (Fsp3) is 0.214. The number of nitrogens with zero attached hydrogens (tertiary/aromatic N) is 4. The van der Waals surface area contributed by atoms with E-state index in [4.69, 9.17) is 11.6 Å². The first-order valence-corrected chi connectivity index (χ1v) is 6.78. The standard InChI is InChI=1S/C14H14ClN5/c1-10-18-19-14-13(16-7-8-20(10)14)17-9-12(15)11-5-3-2-4-6-11/h2-8,12H,9H2,1H3,(H,16,17). The van der Waals surface area contributed by atoms with Crippen molar-refractivity contribution in [3.8, 4) is 0 Å². The van der Waals surface area contributed by atoms with E-state index < -0.39 is 0 Å². The van der Waals surface area contributed by atoms with Crippen molar-refractivity contribution in [2.45, 2.75) is 12.3 Å². The molecule has 1 unspecified atom stereocenters. The Labute approximate surface area is 121 Å². The van der Waals surface area contributed by atoms with Gasteiger partial charge in [-0.2, -0.15) is 0 Å². The number of alkyl halides is 1. The molecule has 0 saturated heterocycles. The molecule has 102 valence electrons. The molecule has 0 aliphatic carbocycles. The normalized spacial score (nSPS) is 12.5. The summed E-state index contributed by atoms with van der Waals surface area (Å²) in [5, 5.41) is 11.3. The zero-order valence-corrected chi connectivity index (χ0v) is 11.7. The number of benzene rings is 1. The van der Waals surface area contributed by atoms with Gasteiger partial charge in [0.2, 0.25) is 5.65 Å². The summed E-state index contributed by atoms with van der Waals surface area (Å²) in [6, 6.07) is 9.95. The molecule has 0 spiro atoms. The van der Waals surface area contributed by atoms with Gasteiger partial charge in [-0.3, -0.25) is 4.40 Å². The molecular formula is C14H14ClN5. The van der Waals surface area contributed by atoms with Crippen molar-refractivity contribution in [3.05, 3.63) is 54.1 Å². The van der Waals surface area contributed by atoms with Crippen LogP contribution in [0.5, 0.6) is 0 Å². The van der Waals surface area contributed by atoms with Crippen LogP contribution >= 0.6 is 11.6 Å². The maximum atomic E-state index is 6.38. The lowest BCUT2D eigenvalue weighted by Gasteiger charge is -2.11. The number of hydrogen-bond acceptors (Lipinski definition) is 4. The molecule has 0 fully saturated rings. The van der Waals surface area contributed by atoms with Crippen LogP contribution in [0.2, 0.25) is 0 Å². The number of rotatable bonds is 4. The predicted octanol–water partition coefficient (Wildman–Crippen LogP) is 2.82. The number of hydrogen-bond donors (Lipinski definition) is 1. The molecule has 2 heterocycles. The molecule has 1 atom stereocenters. The van der Waals surface area contributed by atoms with Crippen molar-refractivity contribution in [2.24, 2.45) is 0 Å². The van der Waals surface area contributed by atoms with Gasteiger partial charge >= 0.3 is 0 Å². The molecule has 0 amide bonds. The molecule has 3 rings (SSSR count). The summed E-state index contributed by atoms with van der Waals surface area (Å²) in [5.41, 5.74) is 1.79. The molecule has 1 aromatic carbocycles. The molecule has 3 aromatic rings. The van der Waals surface area contributed by atoms with E-state index in [0.717, 1.165) is 11.4 Å². The van der Waals surface area contributed by atoms with Gasteiger partial charge in [0.05, 0.1) is 5.38 Å². The topological polar surface area (TPSA) is 55.1 Å². The average Bonchev–Trinajstić information content (AvgIpc) is 2.88. The van der Waals surface area contributed by atoms with Crippen LogP contribution in [0.3, 0.4) is 0 Å². The van der Waals surface area contributed by atoms with Crippen LogP contribution in [0, 0.1) is 6.92 Å². The van der Waals surface area contributed by atoms with Gasteiger partial charge in [0.25, 0.3) is 0 Å². The zero-order valence-electron chi connectivity index (χ0n) is 11.0. The Morgan fingerprint density at radius 2 is 2.05 bits per heavy atom. The van der Waals surface area contributed by atoms with Gasteiger partial charge < -0.3 is 5.32 Å². The second kappa shape index (κ2) is 5.46. The maximum Gasteiger partial charge on any atom is 0.203 e. The van der Waals surface area contributed by atoms with E-state index in [9.17, 15) is 0 Å². The van der Waals surface area contributed by atoms with Crippen molar-refractivity contribution in [3.63, 3.8) is 0 Å². The van der Waals surface area contributed by atoms with Crippen molar-refractivity contribution < 1.29 is 0 Å². The van der Waals surface area contributed by atoms with Crippen molar-refractivity contribution in [1.82, 2.24) is 19.6 Å². The molecule has 5 nitrogen and oxygen atoms in total. The monoisotopic (exact) mass is 287 g/mol. The van der Waals surface area contributed by atoms with Gasteiger partial charge in [0, 0.05) is 18.9 Å². The van der Waals surface area contributed by atoms with E-state index in [0.29, 0.717) is 18.0 Å². The molecule has 0 aliphatic heterocycles. The minimum absolute atomic E-state index is 0.123. The highest BCUT2D eigenvalue weighted by Gasteiger charge is 2.11. The number of halogens is 1. The molecule has 20 heavy (non-hydrogen) atoms. The Hall–Kier alpha value is -2.14. The van der Waals surface area contributed by atoms with Crippen LogP contribution in [-0.4, -0.2) is 26.1 Å². The molecule has 0 bridgehead atoms. The van der Waals surface area contributed by atoms with Crippen LogP contribution in [0.4, 0.5) is 5.82 Å². The van der Waals surface area contributed by atoms with Crippen LogP contribution in [0.1, 0.15) is 16.8 Å². The maximum absolute atomic E-state index is 6.38. The number of aromatic nitrogens is 4. The number of aryl methyl sites for hydroxylation is 1. The number of fused-ring (bicyclic) bond motifs is 1. The molecule has 6 heteroatoms. The zero-order chi connectivity index (χ0) is 13.9. The lowest BCUT2D eigenvalue weighted by atomic mass is 10.1. The lowest BCUT2D eigenvalue weighted by molar-refractivity contribution is 0.960. The Bertz CT molecular complexity index is 710. The Morgan fingerprint density at radius 1 is 1.25 bits per heavy atom. The molecule has 0 radical (unpaired) electrons. The smallest absolute Gasteiger partial charge is 0.203 e. The van der Waals surface area contributed by atoms with Crippen molar-refractivity contribution in [2.75, 3.05) is 11.9 Å². The third-order valence-corrected chi connectivity index (χ3v) is 3.51. The van der Waals surface area contributed by atoms with E-state index in [1.807, 2.05) is 47.9 Å². The lowest BCUT2D eigenvalue weighted by Crippen LogP contribution is -2.10. The first kappa shape index (κ1) is 12.9. The van der Waals surface area contributed by atoms with Crippen LogP contribution in [0.25, 0.3) is 5.65 Å². The van der Waals surface area contributed by atoms with Crippen molar-refractivity contribution in [1.29, 1.82) is 0 Å². The summed E-state index contributed by atoms with van der Waals surface area (Å²) >= 11 is 6.38. The number of anilines is 1. The minimum Gasteiger partial charge on any atom is -0.365 e.